The van der Waals surface area contributed by atoms with E-state index in [-0.39, 0.29) is 5.91 Å². The average Bonchev–Trinajstić information content (AvgIpc) is 3.13. The minimum absolute atomic E-state index is 0.125. The second-order valence-corrected chi connectivity index (χ2v) is 7.67. The molecule has 1 aromatic heterocycles. The summed E-state index contributed by atoms with van der Waals surface area (Å²) in [7, 11) is 0. The van der Waals surface area contributed by atoms with Gasteiger partial charge in [0, 0.05) is 15.9 Å². The van der Waals surface area contributed by atoms with E-state index in [9.17, 15) is 4.79 Å². The molecule has 1 N–H and O–H groups in total. The molecule has 0 aliphatic carbocycles. The van der Waals surface area contributed by atoms with E-state index in [0.717, 1.165) is 19.4 Å². The number of thiophene rings is 1. The third kappa shape index (κ3) is 4.01. The van der Waals surface area contributed by atoms with E-state index in [1.54, 1.807) is 23.5 Å². The van der Waals surface area contributed by atoms with Crippen molar-refractivity contribution in [3.05, 3.63) is 49.6 Å². The molecule has 1 aliphatic rings. The molecule has 3 rings (SSSR count). The Labute approximate surface area is 154 Å². The Hall–Kier alpha value is -0.780. The summed E-state index contributed by atoms with van der Waals surface area (Å²) in [4.78, 5) is 15.9. The molecule has 1 saturated heterocycles. The van der Waals surface area contributed by atoms with Crippen molar-refractivity contribution in [3.8, 4) is 0 Å². The summed E-state index contributed by atoms with van der Waals surface area (Å²) in [6.45, 7) is 1.23. The molecule has 2 heterocycles. The average molecular weight is 390 g/mol. The fourth-order valence-corrected chi connectivity index (χ4v) is 4.65. The van der Waals surface area contributed by atoms with Crippen molar-refractivity contribution in [3.63, 3.8) is 0 Å². The molecule has 1 aliphatic heterocycles. The van der Waals surface area contributed by atoms with Gasteiger partial charge in [0.05, 0.1) is 22.3 Å². The number of benzene rings is 1. The number of carbonyl (C=O) groups excluding carboxylic acids is 1. The SMILES string of the molecule is O=C(CN1CCCC1c1cccs1)Nc1c(Cl)cc(Cl)cc1Cl. The number of carbonyl (C=O) groups is 1. The van der Waals surface area contributed by atoms with Gasteiger partial charge >= 0.3 is 0 Å². The number of likely N-dealkylation sites (tertiary alicyclic amines) is 1. The van der Waals surface area contributed by atoms with Gasteiger partial charge in [-0.15, -0.1) is 11.3 Å². The second kappa shape index (κ2) is 7.41. The molecule has 0 saturated carbocycles. The summed E-state index contributed by atoms with van der Waals surface area (Å²) in [5.41, 5.74) is 0.412. The van der Waals surface area contributed by atoms with E-state index in [1.807, 2.05) is 6.07 Å². The van der Waals surface area contributed by atoms with E-state index in [2.05, 4.69) is 21.7 Å². The molecular formula is C16H15Cl3N2OS. The Bertz CT molecular complexity index is 682. The van der Waals surface area contributed by atoms with Crippen molar-refractivity contribution < 1.29 is 4.79 Å². The monoisotopic (exact) mass is 388 g/mol. The van der Waals surface area contributed by atoms with Crippen molar-refractivity contribution in [2.24, 2.45) is 0 Å². The van der Waals surface area contributed by atoms with Crippen LogP contribution in [0.15, 0.2) is 29.6 Å². The number of hydrogen-bond donors (Lipinski definition) is 1. The van der Waals surface area contributed by atoms with Crippen molar-refractivity contribution in [2.75, 3.05) is 18.4 Å². The Morgan fingerprint density at radius 3 is 2.70 bits per heavy atom. The second-order valence-electron chi connectivity index (χ2n) is 5.44. The molecular weight excluding hydrogens is 375 g/mol. The van der Waals surface area contributed by atoms with Gasteiger partial charge in [-0.2, -0.15) is 0 Å². The highest BCUT2D eigenvalue weighted by molar-refractivity contribution is 7.10. The quantitative estimate of drug-likeness (QED) is 0.750. The van der Waals surface area contributed by atoms with Gasteiger partial charge in [0.1, 0.15) is 0 Å². The first-order valence-corrected chi connectivity index (χ1v) is 9.28. The molecule has 0 spiro atoms. The summed E-state index contributed by atoms with van der Waals surface area (Å²) < 4.78 is 0. The lowest BCUT2D eigenvalue weighted by molar-refractivity contribution is -0.117. The van der Waals surface area contributed by atoms with E-state index < -0.39 is 0 Å². The van der Waals surface area contributed by atoms with Gasteiger partial charge in [-0.1, -0.05) is 40.9 Å². The Morgan fingerprint density at radius 2 is 2.04 bits per heavy atom. The zero-order valence-corrected chi connectivity index (χ0v) is 15.3. The van der Waals surface area contributed by atoms with Crippen LogP contribution >= 0.6 is 46.1 Å². The summed E-state index contributed by atoms with van der Waals surface area (Å²) in [5, 5.41) is 5.99. The topological polar surface area (TPSA) is 32.3 Å². The molecule has 0 bridgehead atoms. The number of anilines is 1. The summed E-state index contributed by atoms with van der Waals surface area (Å²) >= 11 is 19.8. The van der Waals surface area contributed by atoms with E-state index in [4.69, 9.17) is 34.8 Å². The Kier molecular flexibility index (Phi) is 5.49. The van der Waals surface area contributed by atoms with Crippen LogP contribution in [0.1, 0.15) is 23.8 Å². The van der Waals surface area contributed by atoms with Gasteiger partial charge in [-0.3, -0.25) is 9.69 Å². The van der Waals surface area contributed by atoms with Crippen LogP contribution in [0.5, 0.6) is 0 Å². The highest BCUT2D eigenvalue weighted by Crippen LogP contribution is 2.35. The lowest BCUT2D eigenvalue weighted by atomic mass is 10.2. The summed E-state index contributed by atoms with van der Waals surface area (Å²) in [5.74, 6) is -0.125. The van der Waals surface area contributed by atoms with Crippen LogP contribution in [-0.2, 0) is 4.79 Å². The highest BCUT2D eigenvalue weighted by Gasteiger charge is 2.28. The Balaban J connectivity index is 1.68. The van der Waals surface area contributed by atoms with Gasteiger partial charge < -0.3 is 5.32 Å². The molecule has 2 aromatic rings. The molecule has 1 aromatic carbocycles. The molecule has 23 heavy (non-hydrogen) atoms. The number of nitrogens with zero attached hydrogens (tertiary/aromatic N) is 1. The maximum atomic E-state index is 12.4. The molecule has 1 atom stereocenters. The van der Waals surface area contributed by atoms with E-state index in [1.165, 1.54) is 4.88 Å². The first-order valence-electron chi connectivity index (χ1n) is 7.26. The van der Waals surface area contributed by atoms with E-state index in [0.29, 0.717) is 33.3 Å². The molecule has 0 radical (unpaired) electrons. The number of halogens is 3. The molecule has 122 valence electrons. The lowest BCUT2D eigenvalue weighted by Crippen LogP contribution is -2.32. The third-order valence-corrected chi connectivity index (χ3v) is 5.64. The summed E-state index contributed by atoms with van der Waals surface area (Å²) in [6.07, 6.45) is 2.18. The maximum Gasteiger partial charge on any atom is 0.238 e. The zero-order chi connectivity index (χ0) is 16.4. The molecule has 7 heteroatoms. The maximum absolute atomic E-state index is 12.4. The smallest absolute Gasteiger partial charge is 0.238 e. The minimum Gasteiger partial charge on any atom is -0.322 e. The van der Waals surface area contributed by atoms with Crippen molar-refractivity contribution in [1.82, 2.24) is 4.90 Å². The fraction of sp³-hybridized carbons (Fsp3) is 0.312. The molecule has 1 amide bonds. The predicted molar refractivity (Wildman–Crippen MR) is 98.0 cm³/mol. The van der Waals surface area contributed by atoms with Crippen molar-refractivity contribution in [2.45, 2.75) is 18.9 Å². The highest BCUT2D eigenvalue weighted by atomic mass is 35.5. The molecule has 3 nitrogen and oxygen atoms in total. The summed E-state index contributed by atoms with van der Waals surface area (Å²) in [6, 6.07) is 7.61. The largest absolute Gasteiger partial charge is 0.322 e. The van der Waals surface area contributed by atoms with Crippen LogP contribution < -0.4 is 5.32 Å². The third-order valence-electron chi connectivity index (χ3n) is 3.85. The van der Waals surface area contributed by atoms with Gasteiger partial charge in [0.15, 0.2) is 0 Å². The van der Waals surface area contributed by atoms with Crippen LogP contribution in [0, 0.1) is 0 Å². The van der Waals surface area contributed by atoms with Crippen LogP contribution in [0.2, 0.25) is 15.1 Å². The van der Waals surface area contributed by atoms with Gasteiger partial charge in [-0.05, 0) is 43.0 Å². The minimum atomic E-state index is -0.125. The van der Waals surface area contributed by atoms with Crippen LogP contribution in [-0.4, -0.2) is 23.9 Å². The van der Waals surface area contributed by atoms with Crippen LogP contribution in [0.4, 0.5) is 5.69 Å². The molecule has 1 fully saturated rings. The lowest BCUT2D eigenvalue weighted by Gasteiger charge is -2.23. The van der Waals surface area contributed by atoms with Crippen LogP contribution in [0.3, 0.4) is 0 Å². The van der Waals surface area contributed by atoms with Gasteiger partial charge in [0.2, 0.25) is 5.91 Å². The molecule has 1 unspecified atom stereocenters. The van der Waals surface area contributed by atoms with Crippen molar-refractivity contribution in [1.29, 1.82) is 0 Å². The fourth-order valence-electron chi connectivity index (χ4n) is 2.84. The number of rotatable bonds is 4. The Morgan fingerprint density at radius 1 is 1.30 bits per heavy atom. The number of amides is 1. The van der Waals surface area contributed by atoms with Gasteiger partial charge in [-0.25, -0.2) is 0 Å². The van der Waals surface area contributed by atoms with Crippen molar-refractivity contribution >= 4 is 57.7 Å². The number of hydrogen-bond acceptors (Lipinski definition) is 3. The number of nitrogens with one attached hydrogen (secondary N) is 1. The van der Waals surface area contributed by atoms with Gasteiger partial charge in [0.25, 0.3) is 0 Å². The van der Waals surface area contributed by atoms with E-state index >= 15 is 0 Å². The normalized spacial score (nSPS) is 18.3. The zero-order valence-electron chi connectivity index (χ0n) is 12.2. The van der Waals surface area contributed by atoms with Crippen LogP contribution in [0.25, 0.3) is 0 Å². The first-order chi connectivity index (χ1) is 11.0. The standard InChI is InChI=1S/C16H15Cl3N2OS/c17-10-7-11(18)16(12(19)8-10)20-15(22)9-21-5-1-3-13(21)14-4-2-6-23-14/h2,4,6-8,13H,1,3,5,9H2,(H,20,22). The first kappa shape index (κ1) is 17.1. The predicted octanol–water partition coefficient (Wildman–Crippen LogP) is 5.48.